The van der Waals surface area contributed by atoms with Gasteiger partial charge in [0.1, 0.15) is 0 Å². The highest BCUT2D eigenvalue weighted by atomic mass is 32.2. The predicted molar refractivity (Wildman–Crippen MR) is 51.4 cm³/mol. The maximum Gasteiger partial charge on any atom is 0.304 e. The van der Waals surface area contributed by atoms with Crippen LogP contribution in [0.1, 0.15) is 26.7 Å². The number of rotatable bonds is 7. The summed E-state index contributed by atoms with van der Waals surface area (Å²) in [7, 11) is 1.26. The highest BCUT2D eigenvalue weighted by molar-refractivity contribution is 7.75. The zero-order valence-corrected chi connectivity index (χ0v) is 9.33. The summed E-state index contributed by atoms with van der Waals surface area (Å²) in [5.74, 6) is 0. The van der Waals surface area contributed by atoms with Gasteiger partial charge in [-0.3, -0.25) is 18.5 Å². The Morgan fingerprint density at radius 2 is 2.07 bits per heavy atom. The van der Waals surface area contributed by atoms with Gasteiger partial charge in [-0.25, -0.2) is 0 Å². The van der Waals surface area contributed by atoms with Crippen molar-refractivity contribution < 1.29 is 17.5 Å². The first-order valence-electron chi connectivity index (χ1n) is 4.14. The van der Waals surface area contributed by atoms with Gasteiger partial charge in [-0.05, 0) is 6.42 Å². The zero-order valence-electron chi connectivity index (χ0n) is 8.52. The third-order valence-corrected chi connectivity index (χ3v) is 2.37. The fourth-order valence-electron chi connectivity index (χ4n) is 0.771. The number of hydrogen-bond acceptors (Lipinski definition) is 5. The third kappa shape index (κ3) is 5.25. The Morgan fingerprint density at radius 3 is 2.50 bits per heavy atom. The van der Waals surface area contributed by atoms with E-state index in [-0.39, 0.29) is 11.5 Å². The van der Waals surface area contributed by atoms with E-state index in [0.29, 0.717) is 12.8 Å². The Morgan fingerprint density at radius 1 is 1.50 bits per heavy atom. The van der Waals surface area contributed by atoms with Crippen LogP contribution < -0.4 is 0 Å². The van der Waals surface area contributed by atoms with Crippen molar-refractivity contribution in [1.29, 1.82) is 0 Å². The minimum Gasteiger partial charge on any atom is -0.272 e. The molecule has 0 heterocycles. The Balaban J connectivity index is 3.64. The van der Waals surface area contributed by atoms with Crippen molar-refractivity contribution in [3.05, 3.63) is 10.1 Å². The second-order valence-corrected chi connectivity index (χ2v) is 4.34. The van der Waals surface area contributed by atoms with E-state index in [9.17, 15) is 14.3 Å². The quantitative estimate of drug-likeness (QED) is 0.368. The Hall–Kier alpha value is -0.530. The molecule has 0 aliphatic heterocycles. The van der Waals surface area contributed by atoms with Crippen LogP contribution in [0.2, 0.25) is 0 Å². The molecule has 14 heavy (non-hydrogen) atoms. The first-order valence-corrected chi connectivity index (χ1v) is 5.14. The van der Waals surface area contributed by atoms with Gasteiger partial charge in [-0.15, -0.1) is 0 Å². The largest absolute Gasteiger partial charge is 0.304 e. The van der Waals surface area contributed by atoms with Crippen molar-refractivity contribution in [2.45, 2.75) is 32.2 Å². The maximum atomic E-state index is 10.6. The second kappa shape index (κ2) is 6.05. The first-order chi connectivity index (χ1) is 6.40. The SMILES string of the molecule is COS(=O)OCCCC(C)(C)[N+](=O)[O-]. The molecule has 0 amide bonds. The number of hydrogen-bond donors (Lipinski definition) is 0. The minimum atomic E-state index is -1.74. The Kier molecular flexibility index (Phi) is 5.82. The minimum absolute atomic E-state index is 0.192. The zero-order chi connectivity index (χ0) is 11.2. The molecular weight excluding hydrogens is 210 g/mol. The smallest absolute Gasteiger partial charge is 0.272 e. The van der Waals surface area contributed by atoms with Crippen LogP contribution in [-0.2, 0) is 19.7 Å². The number of nitro groups is 1. The standard InChI is InChI=1S/C7H15NO5S/c1-7(2,8(9)10)5-4-6-13-14(11)12-3/h4-6H2,1-3H3. The van der Waals surface area contributed by atoms with E-state index in [0.717, 1.165) is 0 Å². The lowest BCUT2D eigenvalue weighted by Crippen LogP contribution is -2.31. The molecule has 1 unspecified atom stereocenters. The number of nitrogens with zero attached hydrogens (tertiary/aromatic N) is 1. The molecule has 0 fully saturated rings. The average molecular weight is 225 g/mol. The van der Waals surface area contributed by atoms with Crippen molar-refractivity contribution in [3.8, 4) is 0 Å². The van der Waals surface area contributed by atoms with Gasteiger partial charge in [0.2, 0.25) is 5.54 Å². The van der Waals surface area contributed by atoms with Gasteiger partial charge in [0, 0.05) is 25.2 Å². The lowest BCUT2D eigenvalue weighted by molar-refractivity contribution is -0.561. The monoisotopic (exact) mass is 225 g/mol. The van der Waals surface area contributed by atoms with Crippen LogP contribution in [-0.4, -0.2) is 28.4 Å². The van der Waals surface area contributed by atoms with E-state index < -0.39 is 16.9 Å². The molecule has 0 bridgehead atoms. The van der Waals surface area contributed by atoms with Crippen molar-refractivity contribution in [3.63, 3.8) is 0 Å². The Bertz CT molecular complexity index is 218. The molecule has 7 heteroatoms. The normalized spacial score (nSPS) is 13.9. The summed E-state index contributed by atoms with van der Waals surface area (Å²) in [6.45, 7) is 3.28. The molecule has 0 saturated heterocycles. The molecule has 6 nitrogen and oxygen atoms in total. The molecular formula is C7H15NO5S. The lowest BCUT2D eigenvalue weighted by atomic mass is 10.0. The van der Waals surface area contributed by atoms with Crippen molar-refractivity contribution >= 4 is 11.4 Å². The van der Waals surface area contributed by atoms with Gasteiger partial charge < -0.3 is 0 Å². The highest BCUT2D eigenvalue weighted by Gasteiger charge is 2.29. The van der Waals surface area contributed by atoms with Crippen LogP contribution in [0.4, 0.5) is 0 Å². The average Bonchev–Trinajstić information content (AvgIpc) is 2.11. The Labute approximate surface area is 85.6 Å². The molecule has 0 rings (SSSR count). The highest BCUT2D eigenvalue weighted by Crippen LogP contribution is 2.15. The summed E-state index contributed by atoms with van der Waals surface area (Å²) in [5.41, 5.74) is -0.960. The van der Waals surface area contributed by atoms with Gasteiger partial charge in [0.15, 0.2) is 0 Å². The van der Waals surface area contributed by atoms with Crippen LogP contribution in [0, 0.1) is 10.1 Å². The lowest BCUT2D eigenvalue weighted by Gasteiger charge is -2.14. The van der Waals surface area contributed by atoms with E-state index in [1.54, 1.807) is 13.8 Å². The van der Waals surface area contributed by atoms with Crippen LogP contribution >= 0.6 is 0 Å². The molecule has 0 N–H and O–H groups in total. The van der Waals surface area contributed by atoms with E-state index in [1.807, 2.05) is 0 Å². The topological polar surface area (TPSA) is 78.7 Å². The van der Waals surface area contributed by atoms with Gasteiger partial charge in [-0.2, -0.15) is 4.21 Å². The molecule has 0 saturated carbocycles. The van der Waals surface area contributed by atoms with Crippen molar-refractivity contribution in [2.24, 2.45) is 0 Å². The molecule has 1 atom stereocenters. The fourth-order valence-corrected chi connectivity index (χ4v) is 1.12. The molecule has 0 spiro atoms. The molecule has 0 aromatic carbocycles. The van der Waals surface area contributed by atoms with Crippen LogP contribution in [0.25, 0.3) is 0 Å². The third-order valence-electron chi connectivity index (χ3n) is 1.74. The van der Waals surface area contributed by atoms with Crippen molar-refractivity contribution in [2.75, 3.05) is 13.7 Å². The summed E-state index contributed by atoms with van der Waals surface area (Å²) in [6.07, 6.45) is 0.851. The molecule has 0 aromatic rings. The fraction of sp³-hybridized carbons (Fsp3) is 1.00. The predicted octanol–water partition coefficient (Wildman–Crippen LogP) is 1.06. The van der Waals surface area contributed by atoms with Crippen LogP contribution in [0.15, 0.2) is 0 Å². The summed E-state index contributed by atoms with van der Waals surface area (Å²) in [4.78, 5) is 10.2. The summed E-state index contributed by atoms with van der Waals surface area (Å²) < 4.78 is 19.6. The van der Waals surface area contributed by atoms with E-state index in [4.69, 9.17) is 4.18 Å². The van der Waals surface area contributed by atoms with Gasteiger partial charge in [0.25, 0.3) is 0 Å². The molecule has 0 radical (unpaired) electrons. The second-order valence-electron chi connectivity index (χ2n) is 3.37. The summed E-state index contributed by atoms with van der Waals surface area (Å²) in [6, 6.07) is 0. The van der Waals surface area contributed by atoms with Crippen LogP contribution in [0.3, 0.4) is 0 Å². The molecule has 0 aliphatic carbocycles. The van der Waals surface area contributed by atoms with Crippen molar-refractivity contribution in [1.82, 2.24) is 0 Å². The molecule has 0 aliphatic rings. The maximum absolute atomic E-state index is 10.6. The summed E-state index contributed by atoms with van der Waals surface area (Å²) in [5, 5.41) is 10.5. The van der Waals surface area contributed by atoms with E-state index in [1.165, 1.54) is 7.11 Å². The van der Waals surface area contributed by atoms with Gasteiger partial charge in [-0.1, -0.05) is 0 Å². The summed E-state index contributed by atoms with van der Waals surface area (Å²) >= 11 is -1.74. The van der Waals surface area contributed by atoms with E-state index in [2.05, 4.69) is 4.18 Å². The van der Waals surface area contributed by atoms with E-state index >= 15 is 0 Å². The van der Waals surface area contributed by atoms with Gasteiger partial charge in [0.05, 0.1) is 13.7 Å². The van der Waals surface area contributed by atoms with Crippen LogP contribution in [0.5, 0.6) is 0 Å². The van der Waals surface area contributed by atoms with Gasteiger partial charge >= 0.3 is 11.4 Å². The molecule has 0 aromatic heterocycles. The molecule has 84 valence electrons. The first kappa shape index (κ1) is 13.5.